The van der Waals surface area contributed by atoms with Crippen LogP contribution in [0.5, 0.6) is 0 Å². The summed E-state index contributed by atoms with van der Waals surface area (Å²) in [5, 5.41) is 2.81. The SMILES string of the molecule is CCC(=O)NC(C)C(=O)ON1C(=O)c2ccccc2C1=O. The quantitative estimate of drug-likeness (QED) is 0.822. The van der Waals surface area contributed by atoms with Gasteiger partial charge >= 0.3 is 5.97 Å². The van der Waals surface area contributed by atoms with E-state index in [-0.39, 0.29) is 23.5 Å². The number of hydrogen-bond acceptors (Lipinski definition) is 5. The number of imide groups is 1. The van der Waals surface area contributed by atoms with E-state index in [1.807, 2.05) is 0 Å². The predicted octanol–water partition coefficient (Wildman–Crippen LogP) is 0.655. The topological polar surface area (TPSA) is 92.8 Å². The van der Waals surface area contributed by atoms with Crippen LogP contribution in [0, 0.1) is 0 Å². The molecule has 7 heteroatoms. The molecule has 0 bridgehead atoms. The molecule has 0 spiro atoms. The average Bonchev–Trinajstić information content (AvgIpc) is 2.72. The number of nitrogens with one attached hydrogen (secondary N) is 1. The first-order chi connectivity index (χ1) is 9.95. The van der Waals surface area contributed by atoms with Crippen LogP contribution >= 0.6 is 0 Å². The van der Waals surface area contributed by atoms with Gasteiger partial charge < -0.3 is 10.2 Å². The van der Waals surface area contributed by atoms with E-state index < -0.39 is 23.8 Å². The van der Waals surface area contributed by atoms with E-state index in [1.165, 1.54) is 19.1 Å². The molecular formula is C14H14N2O5. The second-order valence-corrected chi connectivity index (χ2v) is 4.50. The van der Waals surface area contributed by atoms with E-state index in [1.54, 1.807) is 19.1 Å². The fourth-order valence-corrected chi connectivity index (χ4v) is 1.82. The number of carbonyl (C=O) groups is 4. The van der Waals surface area contributed by atoms with Crippen molar-refractivity contribution in [1.29, 1.82) is 0 Å². The summed E-state index contributed by atoms with van der Waals surface area (Å²) in [6.45, 7) is 3.05. The van der Waals surface area contributed by atoms with Crippen molar-refractivity contribution in [2.24, 2.45) is 0 Å². The Balaban J connectivity index is 2.08. The van der Waals surface area contributed by atoms with Crippen molar-refractivity contribution in [2.75, 3.05) is 0 Å². The molecule has 3 amide bonds. The lowest BCUT2D eigenvalue weighted by Gasteiger charge is -2.16. The minimum absolute atomic E-state index is 0.181. The van der Waals surface area contributed by atoms with Gasteiger partial charge in [-0.15, -0.1) is 0 Å². The molecule has 0 aromatic heterocycles. The van der Waals surface area contributed by atoms with Crippen molar-refractivity contribution >= 4 is 23.7 Å². The van der Waals surface area contributed by atoms with E-state index in [2.05, 4.69) is 5.32 Å². The Morgan fingerprint density at radius 3 is 2.19 bits per heavy atom. The summed E-state index contributed by atoms with van der Waals surface area (Å²) >= 11 is 0. The zero-order chi connectivity index (χ0) is 15.6. The average molecular weight is 290 g/mol. The third kappa shape index (κ3) is 2.76. The summed E-state index contributed by atoms with van der Waals surface area (Å²) in [6.07, 6.45) is 0.213. The zero-order valence-electron chi connectivity index (χ0n) is 11.6. The molecular weight excluding hydrogens is 276 g/mol. The van der Waals surface area contributed by atoms with Gasteiger partial charge in [-0.25, -0.2) is 4.79 Å². The molecule has 0 fully saturated rings. The maximum atomic E-state index is 12.0. The van der Waals surface area contributed by atoms with Crippen LogP contribution in [0.25, 0.3) is 0 Å². The molecule has 0 saturated heterocycles. The molecule has 7 nitrogen and oxygen atoms in total. The number of nitrogens with zero attached hydrogens (tertiary/aromatic N) is 1. The first-order valence-corrected chi connectivity index (χ1v) is 6.44. The number of amides is 3. The van der Waals surface area contributed by atoms with Crippen LogP contribution in [0.15, 0.2) is 24.3 Å². The van der Waals surface area contributed by atoms with Gasteiger partial charge in [-0.1, -0.05) is 24.1 Å². The molecule has 1 atom stereocenters. The first kappa shape index (κ1) is 14.7. The third-order valence-corrected chi connectivity index (χ3v) is 2.99. The summed E-state index contributed by atoms with van der Waals surface area (Å²) < 4.78 is 0. The highest BCUT2D eigenvalue weighted by Crippen LogP contribution is 2.22. The van der Waals surface area contributed by atoms with Gasteiger partial charge in [0, 0.05) is 6.42 Å². The molecule has 1 aromatic carbocycles. The van der Waals surface area contributed by atoms with E-state index in [4.69, 9.17) is 4.84 Å². The van der Waals surface area contributed by atoms with Crippen LogP contribution in [0.4, 0.5) is 0 Å². The Morgan fingerprint density at radius 2 is 1.71 bits per heavy atom. The molecule has 2 rings (SSSR count). The van der Waals surface area contributed by atoms with Gasteiger partial charge in [0.25, 0.3) is 11.8 Å². The van der Waals surface area contributed by atoms with Crippen LogP contribution in [0.1, 0.15) is 41.0 Å². The van der Waals surface area contributed by atoms with Crippen molar-refractivity contribution in [3.05, 3.63) is 35.4 Å². The van der Waals surface area contributed by atoms with Crippen molar-refractivity contribution in [1.82, 2.24) is 10.4 Å². The fourth-order valence-electron chi connectivity index (χ4n) is 1.82. The van der Waals surface area contributed by atoms with E-state index in [0.29, 0.717) is 5.06 Å². The Morgan fingerprint density at radius 1 is 1.19 bits per heavy atom. The Kier molecular flexibility index (Phi) is 4.02. The monoisotopic (exact) mass is 290 g/mol. The highest BCUT2D eigenvalue weighted by Gasteiger charge is 2.39. The molecule has 1 unspecified atom stereocenters. The van der Waals surface area contributed by atoms with Crippen LogP contribution in [-0.2, 0) is 14.4 Å². The highest BCUT2D eigenvalue weighted by molar-refractivity contribution is 6.20. The van der Waals surface area contributed by atoms with Gasteiger partial charge in [0.1, 0.15) is 6.04 Å². The van der Waals surface area contributed by atoms with Crippen molar-refractivity contribution < 1.29 is 24.0 Å². The molecule has 0 radical (unpaired) electrons. The van der Waals surface area contributed by atoms with Gasteiger partial charge in [-0.05, 0) is 19.1 Å². The second-order valence-electron chi connectivity index (χ2n) is 4.50. The third-order valence-electron chi connectivity index (χ3n) is 2.99. The van der Waals surface area contributed by atoms with Crippen LogP contribution in [0.2, 0.25) is 0 Å². The minimum atomic E-state index is -0.957. The molecule has 0 aliphatic carbocycles. The fraction of sp³-hybridized carbons (Fsp3) is 0.286. The molecule has 1 aromatic rings. The maximum absolute atomic E-state index is 12.0. The van der Waals surface area contributed by atoms with E-state index >= 15 is 0 Å². The lowest BCUT2D eigenvalue weighted by atomic mass is 10.1. The molecule has 21 heavy (non-hydrogen) atoms. The molecule has 0 saturated carbocycles. The van der Waals surface area contributed by atoms with E-state index in [9.17, 15) is 19.2 Å². The summed E-state index contributed by atoms with van der Waals surface area (Å²) in [7, 11) is 0. The smallest absolute Gasteiger partial charge is 0.343 e. The first-order valence-electron chi connectivity index (χ1n) is 6.44. The maximum Gasteiger partial charge on any atom is 0.354 e. The minimum Gasteiger partial charge on any atom is -0.343 e. The number of rotatable bonds is 4. The van der Waals surface area contributed by atoms with Crippen molar-refractivity contribution in [3.63, 3.8) is 0 Å². The van der Waals surface area contributed by atoms with Gasteiger partial charge in [0.2, 0.25) is 5.91 Å². The number of hydroxylamine groups is 2. The number of carbonyl (C=O) groups excluding carboxylic acids is 4. The predicted molar refractivity (Wildman–Crippen MR) is 70.9 cm³/mol. The van der Waals surface area contributed by atoms with E-state index in [0.717, 1.165) is 0 Å². The number of hydrogen-bond donors (Lipinski definition) is 1. The summed E-state index contributed by atoms with van der Waals surface area (Å²) in [5.74, 6) is -2.61. The van der Waals surface area contributed by atoms with Crippen LogP contribution < -0.4 is 5.32 Å². The lowest BCUT2D eigenvalue weighted by Crippen LogP contribution is -2.43. The molecule has 1 aliphatic heterocycles. The van der Waals surface area contributed by atoms with Gasteiger partial charge in [-0.2, -0.15) is 0 Å². The van der Waals surface area contributed by atoms with Crippen molar-refractivity contribution in [2.45, 2.75) is 26.3 Å². The van der Waals surface area contributed by atoms with Gasteiger partial charge in [-0.3, -0.25) is 14.4 Å². The zero-order valence-corrected chi connectivity index (χ0v) is 11.6. The van der Waals surface area contributed by atoms with Gasteiger partial charge in [0.15, 0.2) is 0 Å². The Labute approximate surface area is 120 Å². The normalized spacial score (nSPS) is 14.7. The molecule has 1 heterocycles. The number of benzene rings is 1. The van der Waals surface area contributed by atoms with Crippen molar-refractivity contribution in [3.8, 4) is 0 Å². The summed E-state index contributed by atoms with van der Waals surface area (Å²) in [5.41, 5.74) is 0.362. The van der Waals surface area contributed by atoms with Crippen LogP contribution in [-0.4, -0.2) is 34.8 Å². The second kappa shape index (κ2) is 5.74. The Hall–Kier alpha value is -2.70. The summed E-state index contributed by atoms with van der Waals surface area (Å²) in [4.78, 5) is 51.8. The Bertz CT molecular complexity index is 591. The molecule has 1 N–H and O–H groups in total. The highest BCUT2D eigenvalue weighted by atomic mass is 16.7. The standard InChI is InChI=1S/C14H14N2O5/c1-3-11(17)15-8(2)14(20)21-16-12(18)9-6-4-5-7-10(9)13(16)19/h4-8H,3H2,1-2H3,(H,15,17). The molecule has 1 aliphatic rings. The number of fused-ring (bicyclic) bond motifs is 1. The largest absolute Gasteiger partial charge is 0.354 e. The summed E-state index contributed by atoms with van der Waals surface area (Å²) in [6, 6.07) is 5.22. The lowest BCUT2D eigenvalue weighted by molar-refractivity contribution is -0.171. The molecule has 110 valence electrons. The van der Waals surface area contributed by atoms with Gasteiger partial charge in [0.05, 0.1) is 11.1 Å². The van der Waals surface area contributed by atoms with Crippen LogP contribution in [0.3, 0.4) is 0 Å².